The maximum Gasteiger partial charge on any atom is 0.185 e. The van der Waals surface area contributed by atoms with E-state index < -0.39 is 0 Å². The highest BCUT2D eigenvalue weighted by molar-refractivity contribution is 7.13. The van der Waals surface area contributed by atoms with E-state index in [1.807, 2.05) is 11.3 Å². The zero-order chi connectivity index (χ0) is 11.7. The first-order chi connectivity index (χ1) is 8.36. The minimum absolute atomic E-state index is 0.800. The SMILES string of the molecule is CCNCc1csc(N(CC2CC2)C2CC2)n1. The lowest BCUT2D eigenvalue weighted by atomic mass is 10.4. The first-order valence-corrected chi connectivity index (χ1v) is 7.66. The molecule has 0 atom stereocenters. The molecule has 3 rings (SSSR count). The van der Waals surface area contributed by atoms with Gasteiger partial charge in [-0.1, -0.05) is 6.92 Å². The van der Waals surface area contributed by atoms with Crippen molar-refractivity contribution in [2.24, 2.45) is 5.92 Å². The average molecular weight is 251 g/mol. The largest absolute Gasteiger partial charge is 0.345 e. The summed E-state index contributed by atoms with van der Waals surface area (Å²) in [5.41, 5.74) is 1.20. The monoisotopic (exact) mass is 251 g/mol. The maximum atomic E-state index is 4.77. The topological polar surface area (TPSA) is 28.2 Å². The molecule has 94 valence electrons. The van der Waals surface area contributed by atoms with E-state index in [0.29, 0.717) is 0 Å². The first kappa shape index (κ1) is 11.5. The summed E-state index contributed by atoms with van der Waals surface area (Å²) in [6.45, 7) is 5.31. The fraction of sp³-hybridized carbons (Fsp3) is 0.769. The van der Waals surface area contributed by atoms with Crippen LogP contribution < -0.4 is 10.2 Å². The van der Waals surface area contributed by atoms with Crippen molar-refractivity contribution in [1.29, 1.82) is 0 Å². The fourth-order valence-corrected chi connectivity index (χ4v) is 3.02. The molecule has 1 heterocycles. The van der Waals surface area contributed by atoms with E-state index in [-0.39, 0.29) is 0 Å². The number of anilines is 1. The summed E-state index contributed by atoms with van der Waals surface area (Å²) in [4.78, 5) is 7.34. The van der Waals surface area contributed by atoms with Crippen LogP contribution in [-0.4, -0.2) is 24.1 Å². The second-order valence-corrected chi connectivity index (χ2v) is 6.07. The lowest BCUT2D eigenvalue weighted by molar-refractivity contribution is 0.698. The van der Waals surface area contributed by atoms with Gasteiger partial charge < -0.3 is 10.2 Å². The molecule has 2 aliphatic carbocycles. The van der Waals surface area contributed by atoms with Crippen LogP contribution in [0.15, 0.2) is 5.38 Å². The van der Waals surface area contributed by atoms with Gasteiger partial charge in [0.25, 0.3) is 0 Å². The second kappa shape index (κ2) is 4.94. The van der Waals surface area contributed by atoms with Gasteiger partial charge in [-0.2, -0.15) is 0 Å². The zero-order valence-corrected chi connectivity index (χ0v) is 11.3. The Hall–Kier alpha value is -0.610. The van der Waals surface area contributed by atoms with E-state index in [9.17, 15) is 0 Å². The van der Waals surface area contributed by atoms with Crippen LogP contribution in [0.4, 0.5) is 5.13 Å². The Bertz CT molecular complexity index is 368. The number of nitrogens with zero attached hydrogens (tertiary/aromatic N) is 2. The van der Waals surface area contributed by atoms with Gasteiger partial charge in [-0.3, -0.25) is 0 Å². The summed E-state index contributed by atoms with van der Waals surface area (Å²) in [5.74, 6) is 0.955. The molecule has 0 radical (unpaired) electrons. The number of rotatable bonds is 7. The molecule has 0 bridgehead atoms. The predicted molar refractivity (Wildman–Crippen MR) is 72.6 cm³/mol. The third kappa shape index (κ3) is 2.99. The summed E-state index contributed by atoms with van der Waals surface area (Å²) in [6, 6.07) is 0.800. The van der Waals surface area contributed by atoms with Gasteiger partial charge in [0.1, 0.15) is 0 Å². The molecule has 4 heteroatoms. The molecule has 0 saturated heterocycles. The molecular formula is C13H21N3S. The second-order valence-electron chi connectivity index (χ2n) is 5.23. The van der Waals surface area contributed by atoms with Crippen LogP contribution in [-0.2, 0) is 6.54 Å². The van der Waals surface area contributed by atoms with Gasteiger partial charge in [0, 0.05) is 24.5 Å². The van der Waals surface area contributed by atoms with Crippen LogP contribution in [0.1, 0.15) is 38.3 Å². The molecule has 1 N–H and O–H groups in total. The van der Waals surface area contributed by atoms with Gasteiger partial charge in [0.2, 0.25) is 0 Å². The number of hydrogen-bond donors (Lipinski definition) is 1. The Morgan fingerprint density at radius 2 is 2.24 bits per heavy atom. The molecule has 3 nitrogen and oxygen atoms in total. The summed E-state index contributed by atoms with van der Waals surface area (Å²) >= 11 is 1.82. The minimum Gasteiger partial charge on any atom is -0.345 e. The molecular weight excluding hydrogens is 230 g/mol. The van der Waals surface area contributed by atoms with Gasteiger partial charge in [0.15, 0.2) is 5.13 Å². The Morgan fingerprint density at radius 1 is 1.41 bits per heavy atom. The summed E-state index contributed by atoms with van der Waals surface area (Å²) in [6.07, 6.45) is 5.60. The summed E-state index contributed by atoms with van der Waals surface area (Å²) in [7, 11) is 0. The Balaban J connectivity index is 1.64. The molecule has 17 heavy (non-hydrogen) atoms. The molecule has 2 aliphatic rings. The average Bonchev–Trinajstić information content (AvgIpc) is 3.23. The van der Waals surface area contributed by atoms with E-state index in [2.05, 4.69) is 22.5 Å². The van der Waals surface area contributed by atoms with Crippen molar-refractivity contribution in [1.82, 2.24) is 10.3 Å². The van der Waals surface area contributed by atoms with Gasteiger partial charge in [-0.15, -0.1) is 11.3 Å². The van der Waals surface area contributed by atoms with Crippen LogP contribution in [0.5, 0.6) is 0 Å². The summed E-state index contributed by atoms with van der Waals surface area (Å²) < 4.78 is 0. The summed E-state index contributed by atoms with van der Waals surface area (Å²) in [5, 5.41) is 6.81. The number of thiazole rings is 1. The van der Waals surface area contributed by atoms with Gasteiger partial charge in [0.05, 0.1) is 5.69 Å². The highest BCUT2D eigenvalue weighted by Gasteiger charge is 2.35. The van der Waals surface area contributed by atoms with E-state index in [4.69, 9.17) is 4.98 Å². The van der Waals surface area contributed by atoms with E-state index in [1.165, 1.54) is 43.1 Å². The van der Waals surface area contributed by atoms with Crippen LogP contribution >= 0.6 is 11.3 Å². The molecule has 0 amide bonds. The molecule has 0 spiro atoms. The van der Waals surface area contributed by atoms with Crippen LogP contribution in [0, 0.1) is 5.92 Å². The lowest BCUT2D eigenvalue weighted by Crippen LogP contribution is -2.28. The van der Waals surface area contributed by atoms with Crippen LogP contribution in [0.3, 0.4) is 0 Å². The highest BCUT2D eigenvalue weighted by atomic mass is 32.1. The van der Waals surface area contributed by atoms with Crippen molar-refractivity contribution < 1.29 is 0 Å². The molecule has 2 fully saturated rings. The molecule has 1 aromatic rings. The minimum atomic E-state index is 0.800. The Morgan fingerprint density at radius 3 is 2.88 bits per heavy atom. The zero-order valence-electron chi connectivity index (χ0n) is 10.5. The standard InChI is InChI=1S/C13H21N3S/c1-2-14-7-11-9-17-13(15-11)16(12-5-6-12)8-10-3-4-10/h9-10,12,14H,2-8H2,1H3. The van der Waals surface area contributed by atoms with E-state index in [1.54, 1.807) is 0 Å². The lowest BCUT2D eigenvalue weighted by Gasteiger charge is -2.21. The van der Waals surface area contributed by atoms with Gasteiger partial charge in [-0.05, 0) is 38.1 Å². The Kier molecular flexibility index (Phi) is 3.34. The van der Waals surface area contributed by atoms with Crippen molar-refractivity contribution in [2.75, 3.05) is 18.0 Å². The Labute approximate surface area is 107 Å². The van der Waals surface area contributed by atoms with Crippen molar-refractivity contribution in [3.05, 3.63) is 11.1 Å². The predicted octanol–water partition coefficient (Wildman–Crippen LogP) is 2.63. The first-order valence-electron chi connectivity index (χ1n) is 6.78. The van der Waals surface area contributed by atoms with Crippen LogP contribution in [0.2, 0.25) is 0 Å². The molecule has 0 aromatic carbocycles. The third-order valence-electron chi connectivity index (χ3n) is 3.48. The van der Waals surface area contributed by atoms with Gasteiger partial charge >= 0.3 is 0 Å². The van der Waals surface area contributed by atoms with E-state index in [0.717, 1.165) is 25.0 Å². The van der Waals surface area contributed by atoms with Crippen molar-refractivity contribution in [3.8, 4) is 0 Å². The molecule has 0 aliphatic heterocycles. The van der Waals surface area contributed by atoms with Crippen molar-refractivity contribution in [3.63, 3.8) is 0 Å². The normalized spacial score (nSPS) is 19.6. The van der Waals surface area contributed by atoms with Crippen LogP contribution in [0.25, 0.3) is 0 Å². The fourth-order valence-electron chi connectivity index (χ4n) is 2.11. The molecule has 0 unspecified atom stereocenters. The number of aromatic nitrogens is 1. The smallest absolute Gasteiger partial charge is 0.185 e. The quantitative estimate of drug-likeness (QED) is 0.807. The highest BCUT2D eigenvalue weighted by Crippen LogP contribution is 2.38. The van der Waals surface area contributed by atoms with E-state index >= 15 is 0 Å². The number of nitrogens with one attached hydrogen (secondary N) is 1. The number of hydrogen-bond acceptors (Lipinski definition) is 4. The van der Waals surface area contributed by atoms with Gasteiger partial charge in [-0.25, -0.2) is 4.98 Å². The maximum absolute atomic E-state index is 4.77. The van der Waals surface area contributed by atoms with Crippen molar-refractivity contribution in [2.45, 2.75) is 45.2 Å². The molecule has 1 aromatic heterocycles. The molecule has 2 saturated carbocycles. The third-order valence-corrected chi connectivity index (χ3v) is 4.41. The van der Waals surface area contributed by atoms with Crippen molar-refractivity contribution >= 4 is 16.5 Å².